The van der Waals surface area contributed by atoms with Crippen LogP contribution in [0.3, 0.4) is 0 Å². The lowest BCUT2D eigenvalue weighted by Crippen LogP contribution is -2.24. The van der Waals surface area contributed by atoms with Gasteiger partial charge in [-0.15, -0.1) is 0 Å². The van der Waals surface area contributed by atoms with Crippen LogP contribution in [0.4, 0.5) is 0 Å². The Balaban J connectivity index is 2.36. The molecule has 0 spiro atoms. The van der Waals surface area contributed by atoms with Crippen LogP contribution < -0.4 is 5.32 Å². The second-order valence-corrected chi connectivity index (χ2v) is 3.63. The fourth-order valence-corrected chi connectivity index (χ4v) is 1.36. The summed E-state index contributed by atoms with van der Waals surface area (Å²) in [4.78, 5) is 15.4. The average molecular weight is 238 g/mol. The minimum absolute atomic E-state index is 0.227. The first-order chi connectivity index (χ1) is 7.75. The van der Waals surface area contributed by atoms with Crippen molar-refractivity contribution in [1.82, 2.24) is 10.3 Å². The first-order valence-electron chi connectivity index (χ1n) is 5.00. The van der Waals surface area contributed by atoms with Crippen molar-refractivity contribution in [2.45, 2.75) is 19.3 Å². The number of aromatic nitrogens is 1. The molecule has 1 amide bonds. The summed E-state index contributed by atoms with van der Waals surface area (Å²) in [5.41, 5.74) is 0.379. The Bertz CT molecular complexity index is 400. The molecule has 4 nitrogen and oxygen atoms in total. The number of amides is 1. The maximum Gasteiger partial charge on any atom is 0.254 e. The van der Waals surface area contributed by atoms with E-state index in [-0.39, 0.29) is 5.91 Å². The molecule has 0 aliphatic carbocycles. The van der Waals surface area contributed by atoms with Crippen molar-refractivity contribution in [3.63, 3.8) is 0 Å². The molecule has 0 aliphatic heterocycles. The highest BCUT2D eigenvalue weighted by molar-refractivity contribution is 6.33. The summed E-state index contributed by atoms with van der Waals surface area (Å²) < 4.78 is 0. The topological polar surface area (TPSA) is 65.8 Å². The van der Waals surface area contributed by atoms with Gasteiger partial charge in [-0.25, -0.2) is 0 Å². The third-order valence-corrected chi connectivity index (χ3v) is 2.34. The van der Waals surface area contributed by atoms with Gasteiger partial charge in [0, 0.05) is 25.4 Å². The van der Waals surface area contributed by atoms with Gasteiger partial charge in [-0.1, -0.05) is 11.6 Å². The van der Waals surface area contributed by atoms with E-state index in [1.807, 2.05) is 0 Å². The summed E-state index contributed by atoms with van der Waals surface area (Å²) in [6.45, 7) is 0.547. The van der Waals surface area contributed by atoms with Crippen LogP contribution in [0.1, 0.15) is 29.6 Å². The van der Waals surface area contributed by atoms with Gasteiger partial charge < -0.3 is 5.32 Å². The molecule has 1 N–H and O–H groups in total. The van der Waals surface area contributed by atoms with Crippen molar-refractivity contribution in [1.29, 1.82) is 5.26 Å². The zero-order valence-corrected chi connectivity index (χ0v) is 9.50. The number of hydrogen-bond donors (Lipinski definition) is 1. The number of nitriles is 1. The molecular formula is C11H12ClN3O. The van der Waals surface area contributed by atoms with Crippen LogP contribution >= 0.6 is 11.6 Å². The van der Waals surface area contributed by atoms with Crippen molar-refractivity contribution in [3.8, 4) is 6.07 Å². The molecule has 1 heterocycles. The second-order valence-electron chi connectivity index (χ2n) is 3.23. The molecule has 0 bridgehead atoms. The Hall–Kier alpha value is -1.60. The summed E-state index contributed by atoms with van der Waals surface area (Å²) in [6.07, 6.45) is 5.07. The molecule has 16 heavy (non-hydrogen) atoms. The average Bonchev–Trinajstić information content (AvgIpc) is 2.29. The number of nitrogens with zero attached hydrogens (tertiary/aromatic N) is 2. The third kappa shape index (κ3) is 3.87. The number of carbonyl (C=O) groups excluding carboxylic acids is 1. The lowest BCUT2D eigenvalue weighted by atomic mass is 10.2. The molecule has 0 fully saturated rings. The molecule has 0 aliphatic rings. The fourth-order valence-electron chi connectivity index (χ4n) is 1.17. The minimum Gasteiger partial charge on any atom is -0.352 e. The van der Waals surface area contributed by atoms with E-state index < -0.39 is 0 Å². The normalized spacial score (nSPS) is 9.50. The van der Waals surface area contributed by atoms with E-state index in [0.29, 0.717) is 23.6 Å². The van der Waals surface area contributed by atoms with E-state index in [1.165, 1.54) is 12.4 Å². The Morgan fingerprint density at radius 1 is 1.56 bits per heavy atom. The highest BCUT2D eigenvalue weighted by Gasteiger charge is 2.08. The molecule has 1 aromatic rings. The first-order valence-corrected chi connectivity index (χ1v) is 5.38. The lowest BCUT2D eigenvalue weighted by molar-refractivity contribution is 0.0953. The monoisotopic (exact) mass is 237 g/mol. The van der Waals surface area contributed by atoms with Crippen molar-refractivity contribution in [2.75, 3.05) is 6.54 Å². The number of carbonyl (C=O) groups is 1. The highest BCUT2D eigenvalue weighted by Crippen LogP contribution is 2.12. The molecule has 5 heteroatoms. The van der Waals surface area contributed by atoms with Crippen molar-refractivity contribution < 1.29 is 4.79 Å². The first kappa shape index (κ1) is 12.5. The van der Waals surface area contributed by atoms with Gasteiger partial charge in [-0.3, -0.25) is 9.78 Å². The SMILES string of the molecule is N#CCCCCNC(=O)c1cnccc1Cl. The van der Waals surface area contributed by atoms with Gasteiger partial charge in [0.05, 0.1) is 16.7 Å². The smallest absolute Gasteiger partial charge is 0.254 e. The van der Waals surface area contributed by atoms with Crippen LogP contribution in [0.25, 0.3) is 0 Å². The van der Waals surface area contributed by atoms with Crippen molar-refractivity contribution in [2.24, 2.45) is 0 Å². The number of halogens is 1. The number of nitrogens with one attached hydrogen (secondary N) is 1. The highest BCUT2D eigenvalue weighted by atomic mass is 35.5. The summed E-state index contributed by atoms with van der Waals surface area (Å²) >= 11 is 5.84. The van der Waals surface area contributed by atoms with Crippen molar-refractivity contribution in [3.05, 3.63) is 29.0 Å². The largest absolute Gasteiger partial charge is 0.352 e. The van der Waals surface area contributed by atoms with E-state index in [0.717, 1.165) is 12.8 Å². The summed E-state index contributed by atoms with van der Waals surface area (Å²) in [5.74, 6) is -0.227. The standard InChI is InChI=1S/C11H12ClN3O/c12-10-4-7-14-8-9(10)11(16)15-6-3-1-2-5-13/h4,7-8H,1-3,6H2,(H,15,16). The summed E-state index contributed by atoms with van der Waals surface area (Å²) in [7, 11) is 0. The Kier molecular flexibility index (Phi) is 5.30. The Morgan fingerprint density at radius 2 is 2.38 bits per heavy atom. The molecule has 0 radical (unpaired) electrons. The predicted molar refractivity (Wildman–Crippen MR) is 61.0 cm³/mol. The summed E-state index contributed by atoms with van der Waals surface area (Å²) in [5, 5.41) is 11.4. The minimum atomic E-state index is -0.227. The zero-order valence-electron chi connectivity index (χ0n) is 8.74. The predicted octanol–water partition coefficient (Wildman–Crippen LogP) is 2.16. The van der Waals surface area contributed by atoms with Gasteiger partial charge in [0.15, 0.2) is 0 Å². The van der Waals surface area contributed by atoms with E-state index in [2.05, 4.69) is 16.4 Å². The van der Waals surface area contributed by atoms with E-state index in [4.69, 9.17) is 16.9 Å². The van der Waals surface area contributed by atoms with E-state index in [9.17, 15) is 4.79 Å². The van der Waals surface area contributed by atoms with E-state index in [1.54, 1.807) is 6.07 Å². The molecule has 0 aromatic carbocycles. The molecule has 1 aromatic heterocycles. The van der Waals surface area contributed by atoms with Crippen LogP contribution in [0, 0.1) is 11.3 Å². The van der Waals surface area contributed by atoms with Crippen LogP contribution in [0.15, 0.2) is 18.5 Å². The molecule has 0 atom stereocenters. The quantitative estimate of drug-likeness (QED) is 0.798. The van der Waals surface area contributed by atoms with Gasteiger partial charge in [0.1, 0.15) is 0 Å². The molecular weight excluding hydrogens is 226 g/mol. The van der Waals surface area contributed by atoms with Gasteiger partial charge in [0.2, 0.25) is 0 Å². The van der Waals surface area contributed by atoms with Gasteiger partial charge >= 0.3 is 0 Å². The summed E-state index contributed by atoms with van der Waals surface area (Å²) in [6, 6.07) is 3.63. The maximum absolute atomic E-state index is 11.6. The van der Waals surface area contributed by atoms with Crippen LogP contribution in [-0.2, 0) is 0 Å². The molecule has 84 valence electrons. The number of pyridine rings is 1. The van der Waals surface area contributed by atoms with E-state index >= 15 is 0 Å². The van der Waals surface area contributed by atoms with Crippen LogP contribution in [0.5, 0.6) is 0 Å². The van der Waals surface area contributed by atoms with Gasteiger partial charge in [-0.05, 0) is 18.9 Å². The number of rotatable bonds is 5. The Morgan fingerprint density at radius 3 is 3.06 bits per heavy atom. The lowest BCUT2D eigenvalue weighted by Gasteiger charge is -2.05. The van der Waals surface area contributed by atoms with Crippen LogP contribution in [-0.4, -0.2) is 17.4 Å². The third-order valence-electron chi connectivity index (χ3n) is 2.01. The van der Waals surface area contributed by atoms with Gasteiger partial charge in [0.25, 0.3) is 5.91 Å². The zero-order chi connectivity index (χ0) is 11.8. The number of unbranched alkanes of at least 4 members (excludes halogenated alkanes) is 2. The van der Waals surface area contributed by atoms with Gasteiger partial charge in [-0.2, -0.15) is 5.26 Å². The molecule has 1 rings (SSSR count). The Labute approximate surface area is 99.2 Å². The van der Waals surface area contributed by atoms with Crippen molar-refractivity contribution >= 4 is 17.5 Å². The molecule has 0 saturated carbocycles. The number of hydrogen-bond acceptors (Lipinski definition) is 3. The molecule has 0 saturated heterocycles. The van der Waals surface area contributed by atoms with Crippen LogP contribution in [0.2, 0.25) is 5.02 Å². The second kappa shape index (κ2) is 6.81. The molecule has 0 unspecified atom stereocenters. The maximum atomic E-state index is 11.6. The fraction of sp³-hybridized carbons (Fsp3) is 0.364.